The lowest BCUT2D eigenvalue weighted by molar-refractivity contribution is -0.385. The smallest absolute Gasteiger partial charge is 0.272 e. The van der Waals surface area contributed by atoms with Crippen molar-refractivity contribution in [2.45, 2.75) is 6.42 Å². The molecule has 106 valence electrons. The Kier molecular flexibility index (Phi) is 4.75. The number of anilines is 1. The molecular weight excluding hydrogens is 290 g/mol. The summed E-state index contributed by atoms with van der Waals surface area (Å²) in [7, 11) is 0. The van der Waals surface area contributed by atoms with Gasteiger partial charge in [0.2, 0.25) is 0 Å². The van der Waals surface area contributed by atoms with Gasteiger partial charge in [0.05, 0.1) is 15.5 Å². The number of hydrogen-bond donors (Lipinski definition) is 1. The molecule has 0 fully saturated rings. The van der Waals surface area contributed by atoms with Crippen molar-refractivity contribution in [1.82, 2.24) is 0 Å². The van der Waals surface area contributed by atoms with Gasteiger partial charge in [0.15, 0.2) is 0 Å². The highest BCUT2D eigenvalue weighted by molar-refractivity contribution is 6.32. The minimum atomic E-state index is -0.381. The Morgan fingerprint density at radius 1 is 1.29 bits per heavy atom. The third-order valence-electron chi connectivity index (χ3n) is 3.00. The molecule has 1 N–H and O–H groups in total. The number of nitriles is 1. The standard InChI is InChI=1S/C15H12ClN3O2/c16-14-9-13(6-5-12(14)10-17)18-8-7-11-3-1-2-4-15(11)19(20)21/h1-6,9,18H,7-8H2. The van der Waals surface area contributed by atoms with E-state index in [0.717, 1.165) is 5.69 Å². The van der Waals surface area contributed by atoms with Crippen LogP contribution in [0.2, 0.25) is 5.02 Å². The van der Waals surface area contributed by atoms with Crippen molar-refractivity contribution in [1.29, 1.82) is 5.26 Å². The molecule has 2 rings (SSSR count). The van der Waals surface area contributed by atoms with Gasteiger partial charge in [-0.3, -0.25) is 10.1 Å². The summed E-state index contributed by atoms with van der Waals surface area (Å²) in [6.45, 7) is 0.535. The number of nitro benzene ring substituents is 1. The first-order valence-corrected chi connectivity index (χ1v) is 6.65. The van der Waals surface area contributed by atoms with Gasteiger partial charge in [-0.25, -0.2) is 0 Å². The van der Waals surface area contributed by atoms with E-state index >= 15 is 0 Å². The molecule has 0 saturated heterocycles. The highest BCUT2D eigenvalue weighted by Gasteiger charge is 2.11. The zero-order valence-electron chi connectivity index (χ0n) is 11.0. The Labute approximate surface area is 126 Å². The summed E-state index contributed by atoms with van der Waals surface area (Å²) in [6.07, 6.45) is 0.523. The van der Waals surface area contributed by atoms with Crippen molar-refractivity contribution >= 4 is 23.0 Å². The molecule has 5 nitrogen and oxygen atoms in total. The first kappa shape index (κ1) is 14.8. The largest absolute Gasteiger partial charge is 0.385 e. The van der Waals surface area contributed by atoms with Gasteiger partial charge in [-0.1, -0.05) is 29.8 Å². The van der Waals surface area contributed by atoms with Crippen LogP contribution < -0.4 is 5.32 Å². The molecule has 0 saturated carbocycles. The number of benzene rings is 2. The van der Waals surface area contributed by atoms with Crippen LogP contribution in [0, 0.1) is 21.4 Å². The van der Waals surface area contributed by atoms with Gasteiger partial charge in [-0.2, -0.15) is 5.26 Å². The fourth-order valence-electron chi connectivity index (χ4n) is 1.96. The van der Waals surface area contributed by atoms with Gasteiger partial charge in [-0.05, 0) is 24.6 Å². The predicted octanol–water partition coefficient (Wildman–Crippen LogP) is 3.77. The number of nitro groups is 1. The van der Waals surface area contributed by atoms with Gasteiger partial charge >= 0.3 is 0 Å². The lowest BCUT2D eigenvalue weighted by Gasteiger charge is -2.07. The summed E-state index contributed by atoms with van der Waals surface area (Å²) in [5, 5.41) is 23.2. The second kappa shape index (κ2) is 6.73. The third kappa shape index (κ3) is 3.71. The molecule has 0 bridgehead atoms. The van der Waals surface area contributed by atoms with E-state index in [2.05, 4.69) is 5.32 Å². The van der Waals surface area contributed by atoms with Gasteiger partial charge in [-0.15, -0.1) is 0 Å². The molecule has 2 aromatic rings. The molecule has 0 unspecified atom stereocenters. The molecular formula is C15H12ClN3O2. The molecule has 0 aliphatic rings. The normalized spacial score (nSPS) is 9.90. The van der Waals surface area contributed by atoms with Crippen molar-refractivity contribution in [3.05, 3.63) is 68.7 Å². The summed E-state index contributed by atoms with van der Waals surface area (Å²) in [5.41, 5.74) is 1.99. The van der Waals surface area contributed by atoms with E-state index in [4.69, 9.17) is 16.9 Å². The number of nitrogens with one attached hydrogen (secondary N) is 1. The molecule has 0 atom stereocenters. The van der Waals surface area contributed by atoms with Crippen LogP contribution in [0.1, 0.15) is 11.1 Å². The Morgan fingerprint density at radius 2 is 2.05 bits per heavy atom. The zero-order valence-corrected chi connectivity index (χ0v) is 11.8. The topological polar surface area (TPSA) is 79.0 Å². The molecule has 0 aliphatic carbocycles. The molecule has 6 heteroatoms. The van der Waals surface area contributed by atoms with Crippen LogP contribution in [0.5, 0.6) is 0 Å². The monoisotopic (exact) mass is 301 g/mol. The number of hydrogen-bond acceptors (Lipinski definition) is 4. The molecule has 0 amide bonds. The minimum absolute atomic E-state index is 0.122. The second-order valence-corrected chi connectivity index (χ2v) is 4.78. The van der Waals surface area contributed by atoms with Crippen molar-refractivity contribution in [2.75, 3.05) is 11.9 Å². The Hall–Kier alpha value is -2.58. The summed E-state index contributed by atoms with van der Waals surface area (Å²) in [5.74, 6) is 0. The fraction of sp³-hybridized carbons (Fsp3) is 0.133. The van der Waals surface area contributed by atoms with Gasteiger partial charge in [0.25, 0.3) is 5.69 Å². The molecule has 0 aliphatic heterocycles. The van der Waals surface area contributed by atoms with Crippen molar-refractivity contribution in [2.24, 2.45) is 0 Å². The molecule has 0 aromatic heterocycles. The van der Waals surface area contributed by atoms with Gasteiger partial charge < -0.3 is 5.32 Å². The number of para-hydroxylation sites is 1. The molecule has 2 aromatic carbocycles. The average molecular weight is 302 g/mol. The van der Waals surface area contributed by atoms with Gasteiger partial charge in [0, 0.05) is 23.9 Å². The lowest BCUT2D eigenvalue weighted by Crippen LogP contribution is -2.06. The van der Waals surface area contributed by atoms with Crippen LogP contribution in [-0.4, -0.2) is 11.5 Å². The second-order valence-electron chi connectivity index (χ2n) is 4.37. The third-order valence-corrected chi connectivity index (χ3v) is 3.31. The van der Waals surface area contributed by atoms with E-state index < -0.39 is 0 Å². The summed E-state index contributed by atoms with van der Waals surface area (Å²) < 4.78 is 0. The number of halogens is 1. The maximum Gasteiger partial charge on any atom is 0.272 e. The van der Waals surface area contributed by atoms with E-state index in [1.54, 1.807) is 36.4 Å². The van der Waals surface area contributed by atoms with Crippen LogP contribution >= 0.6 is 11.6 Å². The van der Waals surface area contributed by atoms with E-state index in [-0.39, 0.29) is 10.6 Å². The molecule has 0 heterocycles. The Bertz CT molecular complexity index is 710. The summed E-state index contributed by atoms with van der Waals surface area (Å²) in [6, 6.07) is 13.7. The van der Waals surface area contributed by atoms with Gasteiger partial charge in [0.1, 0.15) is 6.07 Å². The highest BCUT2D eigenvalue weighted by Crippen LogP contribution is 2.21. The first-order valence-electron chi connectivity index (χ1n) is 6.27. The molecule has 21 heavy (non-hydrogen) atoms. The molecule has 0 spiro atoms. The van der Waals surface area contributed by atoms with Crippen LogP contribution in [0.3, 0.4) is 0 Å². The Morgan fingerprint density at radius 3 is 2.71 bits per heavy atom. The van der Waals surface area contributed by atoms with Crippen LogP contribution in [0.15, 0.2) is 42.5 Å². The van der Waals surface area contributed by atoms with Crippen LogP contribution in [0.4, 0.5) is 11.4 Å². The van der Waals surface area contributed by atoms with E-state index in [0.29, 0.717) is 29.1 Å². The van der Waals surface area contributed by atoms with Crippen molar-refractivity contribution in [3.8, 4) is 6.07 Å². The number of rotatable bonds is 5. The number of nitrogens with zero attached hydrogens (tertiary/aromatic N) is 2. The SMILES string of the molecule is N#Cc1ccc(NCCc2ccccc2[N+](=O)[O-])cc1Cl. The highest BCUT2D eigenvalue weighted by atomic mass is 35.5. The summed E-state index contributed by atoms with van der Waals surface area (Å²) in [4.78, 5) is 10.5. The fourth-order valence-corrected chi connectivity index (χ4v) is 2.18. The first-order chi connectivity index (χ1) is 10.1. The quantitative estimate of drug-likeness (QED) is 0.673. The Balaban J connectivity index is 2.01. The van der Waals surface area contributed by atoms with Crippen molar-refractivity contribution < 1.29 is 4.92 Å². The van der Waals surface area contributed by atoms with Crippen molar-refractivity contribution in [3.63, 3.8) is 0 Å². The minimum Gasteiger partial charge on any atom is -0.385 e. The van der Waals surface area contributed by atoms with Crippen LogP contribution in [-0.2, 0) is 6.42 Å². The van der Waals surface area contributed by atoms with E-state index in [9.17, 15) is 10.1 Å². The maximum atomic E-state index is 10.9. The average Bonchev–Trinajstić information content (AvgIpc) is 2.48. The predicted molar refractivity (Wildman–Crippen MR) is 81.5 cm³/mol. The van der Waals surface area contributed by atoms with E-state index in [1.165, 1.54) is 6.07 Å². The van der Waals surface area contributed by atoms with Crippen LogP contribution in [0.25, 0.3) is 0 Å². The molecule has 0 radical (unpaired) electrons. The maximum absolute atomic E-state index is 10.9. The zero-order chi connectivity index (χ0) is 15.2. The summed E-state index contributed by atoms with van der Waals surface area (Å²) >= 11 is 5.94. The lowest BCUT2D eigenvalue weighted by atomic mass is 10.1. The van der Waals surface area contributed by atoms with E-state index in [1.807, 2.05) is 6.07 Å².